The maximum absolute atomic E-state index is 12.1. The van der Waals surface area contributed by atoms with Crippen molar-refractivity contribution < 1.29 is 13.5 Å². The molecule has 16 heavy (non-hydrogen) atoms. The highest BCUT2D eigenvalue weighted by Gasteiger charge is 2.25. The van der Waals surface area contributed by atoms with Gasteiger partial charge in [-0.3, -0.25) is 4.68 Å². The summed E-state index contributed by atoms with van der Waals surface area (Å²) in [5, 5.41) is 4.06. The molecule has 0 saturated carbocycles. The van der Waals surface area contributed by atoms with Gasteiger partial charge in [0.15, 0.2) is 6.61 Å². The van der Waals surface area contributed by atoms with E-state index >= 15 is 0 Å². The topological polar surface area (TPSA) is 27.1 Å². The predicted molar refractivity (Wildman–Crippen MR) is 58.0 cm³/mol. The summed E-state index contributed by atoms with van der Waals surface area (Å²) in [5.41, 5.74) is 0.754. The van der Waals surface area contributed by atoms with E-state index in [0.29, 0.717) is 5.88 Å². The van der Waals surface area contributed by atoms with Crippen LogP contribution in [0.15, 0.2) is 6.20 Å². The van der Waals surface area contributed by atoms with Crippen LogP contribution in [0.3, 0.4) is 0 Å². The van der Waals surface area contributed by atoms with Crippen LogP contribution in [0.2, 0.25) is 0 Å². The monoisotopic (exact) mass is 232 g/mol. The van der Waals surface area contributed by atoms with Gasteiger partial charge in [0.05, 0.1) is 0 Å². The molecule has 1 heterocycles. The molecule has 0 fully saturated rings. The first kappa shape index (κ1) is 12.9. The SMILES string of the molecule is CCC(C)(C)c1cn(C)nc1OCC(F)F. The van der Waals surface area contributed by atoms with Crippen molar-refractivity contribution >= 4 is 0 Å². The highest BCUT2D eigenvalue weighted by molar-refractivity contribution is 5.31. The zero-order valence-corrected chi connectivity index (χ0v) is 10.1. The van der Waals surface area contributed by atoms with Crippen LogP contribution in [0, 0.1) is 0 Å². The zero-order valence-electron chi connectivity index (χ0n) is 10.1. The van der Waals surface area contributed by atoms with Crippen molar-refractivity contribution in [3.8, 4) is 5.88 Å². The van der Waals surface area contributed by atoms with E-state index in [2.05, 4.69) is 5.10 Å². The minimum Gasteiger partial charge on any atom is -0.470 e. The third kappa shape index (κ3) is 2.93. The molecule has 0 unspecified atom stereocenters. The normalized spacial score (nSPS) is 12.2. The number of hydrogen-bond acceptors (Lipinski definition) is 2. The summed E-state index contributed by atoms with van der Waals surface area (Å²) in [6.07, 6.45) is 0.244. The number of rotatable bonds is 5. The Kier molecular flexibility index (Phi) is 3.88. The molecular formula is C11H18F2N2O. The molecule has 0 atom stereocenters. The molecule has 0 saturated heterocycles. The van der Waals surface area contributed by atoms with E-state index < -0.39 is 13.0 Å². The molecule has 1 aromatic heterocycles. The lowest BCUT2D eigenvalue weighted by Crippen LogP contribution is -2.17. The smallest absolute Gasteiger partial charge is 0.272 e. The van der Waals surface area contributed by atoms with E-state index in [-0.39, 0.29) is 5.41 Å². The van der Waals surface area contributed by atoms with Crippen LogP contribution in [0.5, 0.6) is 5.88 Å². The summed E-state index contributed by atoms with van der Waals surface area (Å²) in [4.78, 5) is 0. The zero-order chi connectivity index (χ0) is 12.3. The number of nitrogens with zero attached hydrogens (tertiary/aromatic N) is 2. The summed E-state index contributed by atoms with van der Waals surface area (Å²) in [5.74, 6) is 0.314. The van der Waals surface area contributed by atoms with Gasteiger partial charge in [0.2, 0.25) is 5.88 Å². The third-order valence-electron chi connectivity index (χ3n) is 2.75. The first-order valence-electron chi connectivity index (χ1n) is 5.32. The fourth-order valence-corrected chi connectivity index (χ4v) is 1.37. The van der Waals surface area contributed by atoms with Gasteiger partial charge in [0, 0.05) is 18.8 Å². The largest absolute Gasteiger partial charge is 0.470 e. The van der Waals surface area contributed by atoms with Crippen LogP contribution < -0.4 is 4.74 Å². The van der Waals surface area contributed by atoms with E-state index in [0.717, 1.165) is 12.0 Å². The minimum atomic E-state index is -2.47. The Labute approximate surface area is 94.4 Å². The molecule has 3 nitrogen and oxygen atoms in total. The van der Waals surface area contributed by atoms with Crippen molar-refractivity contribution in [3.05, 3.63) is 11.8 Å². The van der Waals surface area contributed by atoms with Crippen LogP contribution in [0.4, 0.5) is 8.78 Å². The Hall–Kier alpha value is -1.13. The molecule has 92 valence electrons. The summed E-state index contributed by atoms with van der Waals surface area (Å²) < 4.78 is 30.8. The second-order valence-corrected chi connectivity index (χ2v) is 4.46. The number of halogens is 2. The molecule has 1 aromatic rings. The predicted octanol–water partition coefficient (Wildman–Crippen LogP) is 2.75. The lowest BCUT2D eigenvalue weighted by Gasteiger charge is -2.22. The van der Waals surface area contributed by atoms with E-state index in [1.807, 2.05) is 27.0 Å². The number of hydrogen-bond donors (Lipinski definition) is 0. The third-order valence-corrected chi connectivity index (χ3v) is 2.75. The number of ether oxygens (including phenoxy) is 1. The molecule has 0 aromatic carbocycles. The summed E-state index contributed by atoms with van der Waals surface area (Å²) >= 11 is 0. The maximum Gasteiger partial charge on any atom is 0.272 e. The quantitative estimate of drug-likeness (QED) is 0.780. The molecule has 0 aliphatic rings. The Morgan fingerprint density at radius 1 is 1.50 bits per heavy atom. The Balaban J connectivity index is 2.91. The van der Waals surface area contributed by atoms with E-state index in [4.69, 9.17) is 4.74 Å². The molecule has 0 amide bonds. The molecule has 1 rings (SSSR count). The lowest BCUT2D eigenvalue weighted by molar-refractivity contribution is 0.0782. The highest BCUT2D eigenvalue weighted by Crippen LogP contribution is 2.33. The fourth-order valence-electron chi connectivity index (χ4n) is 1.37. The molecule has 0 bridgehead atoms. The maximum atomic E-state index is 12.1. The summed E-state index contributed by atoms with van der Waals surface area (Å²) in [6.45, 7) is 5.52. The van der Waals surface area contributed by atoms with Gasteiger partial charge in [0.1, 0.15) is 0 Å². The molecule has 5 heteroatoms. The van der Waals surface area contributed by atoms with Crippen LogP contribution >= 0.6 is 0 Å². The number of alkyl halides is 2. The fraction of sp³-hybridized carbons (Fsp3) is 0.727. The van der Waals surface area contributed by atoms with Crippen LogP contribution in [0.25, 0.3) is 0 Å². The lowest BCUT2D eigenvalue weighted by atomic mass is 9.84. The standard InChI is InChI=1S/C11H18F2N2O/c1-5-11(2,3)8-6-15(4)14-10(8)16-7-9(12)13/h6,9H,5,7H2,1-4H3. The van der Waals surface area contributed by atoms with E-state index in [1.165, 1.54) is 0 Å². The average Bonchev–Trinajstić information content (AvgIpc) is 2.57. The van der Waals surface area contributed by atoms with Gasteiger partial charge in [0.25, 0.3) is 6.43 Å². The van der Waals surface area contributed by atoms with E-state index in [1.54, 1.807) is 11.7 Å². The van der Waals surface area contributed by atoms with Crippen molar-refractivity contribution in [1.82, 2.24) is 9.78 Å². The van der Waals surface area contributed by atoms with Gasteiger partial charge in [-0.2, -0.15) is 0 Å². The first-order chi connectivity index (χ1) is 7.36. The van der Waals surface area contributed by atoms with Crippen LogP contribution in [0.1, 0.15) is 32.8 Å². The van der Waals surface area contributed by atoms with Gasteiger partial charge >= 0.3 is 0 Å². The molecule has 0 spiro atoms. The van der Waals surface area contributed by atoms with Crippen molar-refractivity contribution in [2.24, 2.45) is 7.05 Å². The number of aromatic nitrogens is 2. The van der Waals surface area contributed by atoms with Crippen molar-refractivity contribution in [2.45, 2.75) is 39.0 Å². The Morgan fingerprint density at radius 2 is 2.12 bits per heavy atom. The minimum absolute atomic E-state index is 0.119. The number of aryl methyl sites for hydroxylation is 1. The second-order valence-electron chi connectivity index (χ2n) is 4.46. The Bertz CT molecular complexity index is 348. The first-order valence-corrected chi connectivity index (χ1v) is 5.32. The van der Waals surface area contributed by atoms with Crippen LogP contribution in [-0.2, 0) is 12.5 Å². The molecular weight excluding hydrogens is 214 g/mol. The van der Waals surface area contributed by atoms with Crippen LogP contribution in [-0.4, -0.2) is 22.8 Å². The highest BCUT2D eigenvalue weighted by atomic mass is 19.3. The van der Waals surface area contributed by atoms with Crippen molar-refractivity contribution in [2.75, 3.05) is 6.61 Å². The Morgan fingerprint density at radius 3 is 2.62 bits per heavy atom. The van der Waals surface area contributed by atoms with Gasteiger partial charge in [-0.05, 0) is 11.8 Å². The molecule has 0 aliphatic heterocycles. The second kappa shape index (κ2) is 4.80. The van der Waals surface area contributed by atoms with Gasteiger partial charge in [-0.15, -0.1) is 5.10 Å². The summed E-state index contributed by atoms with van der Waals surface area (Å²) in [6, 6.07) is 0. The average molecular weight is 232 g/mol. The van der Waals surface area contributed by atoms with Gasteiger partial charge in [-0.25, -0.2) is 8.78 Å². The van der Waals surface area contributed by atoms with Gasteiger partial charge < -0.3 is 4.74 Å². The van der Waals surface area contributed by atoms with E-state index in [9.17, 15) is 8.78 Å². The molecule has 0 radical (unpaired) electrons. The molecule has 0 N–H and O–H groups in total. The molecule has 0 aliphatic carbocycles. The van der Waals surface area contributed by atoms with Crippen molar-refractivity contribution in [1.29, 1.82) is 0 Å². The van der Waals surface area contributed by atoms with Gasteiger partial charge in [-0.1, -0.05) is 20.8 Å². The summed E-state index contributed by atoms with van der Waals surface area (Å²) in [7, 11) is 1.75. The van der Waals surface area contributed by atoms with Crippen molar-refractivity contribution in [3.63, 3.8) is 0 Å².